The van der Waals surface area contributed by atoms with E-state index < -0.39 is 0 Å². The molecular formula is C19H19BN6S2. The molecule has 28 heavy (non-hydrogen) atoms. The van der Waals surface area contributed by atoms with Crippen LogP contribution in [0, 0.1) is 11.2 Å². The third kappa shape index (κ3) is 3.01. The zero-order chi connectivity index (χ0) is 19.3. The number of hydrogen-bond donors (Lipinski definition) is 0. The normalized spacial score (nSPS) is 15.5. The molecule has 0 amide bonds. The first-order valence-corrected chi connectivity index (χ1v) is 11.5. The van der Waals surface area contributed by atoms with Crippen LogP contribution in [0.4, 0.5) is 0 Å². The van der Waals surface area contributed by atoms with Crippen LogP contribution >= 0.6 is 23.1 Å². The summed E-state index contributed by atoms with van der Waals surface area (Å²) in [5.41, 5.74) is 3.26. The maximum absolute atomic E-state index is 9.09. The molecule has 5 rings (SSSR count). The maximum atomic E-state index is 9.09. The number of thioether (sulfide) groups is 1. The largest absolute Gasteiger partial charge is 0.275 e. The number of imidazole rings is 1. The Balaban J connectivity index is 1.47. The zero-order valence-corrected chi connectivity index (χ0v) is 17.4. The van der Waals surface area contributed by atoms with Crippen LogP contribution in [0.15, 0.2) is 29.4 Å². The predicted octanol–water partition coefficient (Wildman–Crippen LogP) is 4.50. The minimum atomic E-state index is 0.220. The van der Waals surface area contributed by atoms with Crippen molar-refractivity contribution in [2.24, 2.45) is 7.05 Å². The van der Waals surface area contributed by atoms with Crippen molar-refractivity contribution < 1.29 is 0 Å². The molecule has 1 aromatic carbocycles. The summed E-state index contributed by atoms with van der Waals surface area (Å²) in [4.78, 5) is 6.95. The van der Waals surface area contributed by atoms with E-state index in [1.165, 1.54) is 0 Å². The first-order valence-electron chi connectivity index (χ1n) is 9.42. The summed E-state index contributed by atoms with van der Waals surface area (Å²) >= 11 is 3.34. The topological polar surface area (TPSA) is 71.8 Å². The monoisotopic (exact) mass is 406 g/mol. The van der Waals surface area contributed by atoms with Gasteiger partial charge < -0.3 is 0 Å². The second-order valence-corrected chi connectivity index (χ2v) is 9.20. The average molecular weight is 406 g/mol. The van der Waals surface area contributed by atoms with Crippen LogP contribution in [0.1, 0.15) is 24.5 Å². The third-order valence-corrected chi connectivity index (χ3v) is 7.27. The highest BCUT2D eigenvalue weighted by Crippen LogP contribution is 2.36. The highest BCUT2D eigenvalue weighted by Gasteiger charge is 2.27. The molecule has 0 radical (unpaired) electrons. The molecule has 0 spiro atoms. The van der Waals surface area contributed by atoms with Gasteiger partial charge in [0.15, 0.2) is 0 Å². The lowest BCUT2D eigenvalue weighted by atomic mass is 9.41. The van der Waals surface area contributed by atoms with E-state index in [2.05, 4.69) is 35.7 Å². The Morgan fingerprint density at radius 2 is 2.07 bits per heavy atom. The number of rotatable bonds is 3. The fraction of sp³-hybridized carbons (Fsp3) is 0.368. The summed E-state index contributed by atoms with van der Waals surface area (Å²) in [6.07, 6.45) is 10.3. The van der Waals surface area contributed by atoms with E-state index in [0.717, 1.165) is 62.5 Å². The van der Waals surface area contributed by atoms with Gasteiger partial charge in [-0.3, -0.25) is 4.68 Å². The van der Waals surface area contributed by atoms with Crippen LogP contribution in [0.3, 0.4) is 0 Å². The molecule has 4 heterocycles. The molecule has 140 valence electrons. The second-order valence-electron chi connectivity index (χ2n) is 7.40. The Hall–Kier alpha value is -2.31. The summed E-state index contributed by atoms with van der Waals surface area (Å²) in [6, 6.07) is 4.33. The number of aromatic nitrogens is 5. The quantitative estimate of drug-likeness (QED) is 0.370. The second kappa shape index (κ2) is 6.94. The molecule has 0 unspecified atom stereocenters. The number of aryl methyl sites for hydroxylation is 1. The summed E-state index contributed by atoms with van der Waals surface area (Å²) in [5, 5.41) is 20.6. The van der Waals surface area contributed by atoms with Crippen molar-refractivity contribution >= 4 is 45.7 Å². The van der Waals surface area contributed by atoms with Crippen molar-refractivity contribution in [3.8, 4) is 16.5 Å². The average Bonchev–Trinajstić information content (AvgIpc) is 3.39. The molecule has 4 aromatic rings. The smallest absolute Gasteiger partial charge is 0.267 e. The van der Waals surface area contributed by atoms with Crippen LogP contribution in [-0.4, -0.2) is 37.3 Å². The fourth-order valence-corrected chi connectivity index (χ4v) is 5.52. The molecule has 0 atom stereocenters. The molecule has 9 heteroatoms. The standard InChI is InChI=1S/C19H19BN6S2/c1-25-9-14-7-13(8-16(27-2)17(14)23-25)18-24-26-10-15(22-19(26)28-18)12-3-5-20(11-21)6-4-12/h7-10,12H,3-6H2,1-2H3. The molecular weight excluding hydrogens is 387 g/mol. The van der Waals surface area contributed by atoms with E-state index in [0.29, 0.717) is 5.92 Å². The van der Waals surface area contributed by atoms with E-state index in [9.17, 15) is 0 Å². The molecule has 0 bridgehead atoms. The van der Waals surface area contributed by atoms with E-state index in [-0.39, 0.29) is 6.71 Å². The Bertz CT molecular complexity index is 1180. The molecule has 1 fully saturated rings. The number of benzene rings is 1. The van der Waals surface area contributed by atoms with Gasteiger partial charge >= 0.3 is 0 Å². The van der Waals surface area contributed by atoms with Gasteiger partial charge in [0.2, 0.25) is 4.96 Å². The van der Waals surface area contributed by atoms with Gasteiger partial charge in [0, 0.05) is 41.0 Å². The summed E-state index contributed by atoms with van der Waals surface area (Å²) in [6.45, 7) is 0.220. The van der Waals surface area contributed by atoms with Gasteiger partial charge in [0.1, 0.15) is 10.5 Å². The Labute approximate surface area is 171 Å². The molecule has 3 aromatic heterocycles. The van der Waals surface area contributed by atoms with E-state index in [1.54, 1.807) is 23.1 Å². The Kier molecular flexibility index (Phi) is 4.40. The molecule has 0 aliphatic carbocycles. The summed E-state index contributed by atoms with van der Waals surface area (Å²) in [5.74, 6) is 2.86. The first kappa shape index (κ1) is 17.8. The van der Waals surface area contributed by atoms with Gasteiger partial charge in [0.05, 0.1) is 11.9 Å². The summed E-state index contributed by atoms with van der Waals surface area (Å²) < 4.78 is 3.77. The van der Waals surface area contributed by atoms with Gasteiger partial charge in [-0.15, -0.1) is 11.8 Å². The van der Waals surface area contributed by atoms with Gasteiger partial charge in [-0.2, -0.15) is 10.2 Å². The highest BCUT2D eigenvalue weighted by molar-refractivity contribution is 7.98. The molecule has 1 aliphatic rings. The number of hydrogen-bond acceptors (Lipinski definition) is 6. The first-order chi connectivity index (χ1) is 13.6. The van der Waals surface area contributed by atoms with Gasteiger partial charge in [-0.25, -0.2) is 14.8 Å². The number of fused-ring (bicyclic) bond motifs is 2. The van der Waals surface area contributed by atoms with Crippen LogP contribution in [0.5, 0.6) is 0 Å². The molecule has 0 saturated carbocycles. The fourth-order valence-electron chi connectivity index (χ4n) is 4.05. The van der Waals surface area contributed by atoms with Crippen LogP contribution in [0.2, 0.25) is 12.6 Å². The molecule has 6 nitrogen and oxygen atoms in total. The van der Waals surface area contributed by atoms with Gasteiger partial charge in [0.25, 0.3) is 6.71 Å². The minimum Gasteiger partial charge on any atom is -0.275 e. The van der Waals surface area contributed by atoms with Crippen molar-refractivity contribution in [2.75, 3.05) is 6.26 Å². The van der Waals surface area contributed by atoms with Crippen LogP contribution < -0.4 is 0 Å². The summed E-state index contributed by atoms with van der Waals surface area (Å²) in [7, 11) is 1.95. The van der Waals surface area contributed by atoms with Crippen LogP contribution in [-0.2, 0) is 7.05 Å². The van der Waals surface area contributed by atoms with E-state index in [4.69, 9.17) is 15.3 Å². The molecule has 1 saturated heterocycles. The number of nitrogens with zero attached hydrogens (tertiary/aromatic N) is 6. The van der Waals surface area contributed by atoms with Crippen LogP contribution in [0.25, 0.3) is 26.4 Å². The lowest BCUT2D eigenvalue weighted by Gasteiger charge is -2.21. The lowest BCUT2D eigenvalue weighted by molar-refractivity contribution is 0.598. The van der Waals surface area contributed by atoms with Crippen molar-refractivity contribution in [2.45, 2.75) is 36.3 Å². The Morgan fingerprint density at radius 3 is 2.79 bits per heavy atom. The molecule has 1 aliphatic heterocycles. The molecule has 0 N–H and O–H groups in total. The Morgan fingerprint density at radius 1 is 1.25 bits per heavy atom. The van der Waals surface area contributed by atoms with Crippen molar-refractivity contribution in [3.63, 3.8) is 0 Å². The van der Waals surface area contributed by atoms with E-state index >= 15 is 0 Å². The minimum absolute atomic E-state index is 0.220. The van der Waals surface area contributed by atoms with Gasteiger partial charge in [-0.1, -0.05) is 36.8 Å². The van der Waals surface area contributed by atoms with Gasteiger partial charge in [-0.05, 0) is 18.4 Å². The van der Waals surface area contributed by atoms with E-state index in [1.807, 2.05) is 22.4 Å². The van der Waals surface area contributed by atoms with Crippen molar-refractivity contribution in [1.29, 1.82) is 5.26 Å². The third-order valence-electron chi connectivity index (χ3n) is 5.54. The zero-order valence-electron chi connectivity index (χ0n) is 15.8. The van der Waals surface area contributed by atoms with Crippen molar-refractivity contribution in [1.82, 2.24) is 24.4 Å². The van der Waals surface area contributed by atoms with Crippen molar-refractivity contribution in [3.05, 3.63) is 30.2 Å². The SMILES string of the molecule is CSc1cc(-c2nn3cc(C4CCB(C#N)CC4)nc3s2)cc2cn(C)nc12. The highest BCUT2D eigenvalue weighted by atomic mass is 32.2. The predicted molar refractivity (Wildman–Crippen MR) is 115 cm³/mol. The maximum Gasteiger partial charge on any atom is 0.267 e. The lowest BCUT2D eigenvalue weighted by Crippen LogP contribution is -2.19. The number of nitriles is 1.